The number of aliphatic hydroxyl groups excluding tert-OH is 1. The molecule has 114 valence electrons. The summed E-state index contributed by atoms with van der Waals surface area (Å²) >= 11 is 1.76. The van der Waals surface area contributed by atoms with Gasteiger partial charge in [0.15, 0.2) is 0 Å². The van der Waals surface area contributed by atoms with Gasteiger partial charge in [-0.2, -0.15) is 0 Å². The Labute approximate surface area is 130 Å². The Hall–Kier alpha value is -0.900. The van der Waals surface area contributed by atoms with Crippen molar-refractivity contribution >= 4 is 21.4 Å². The number of ether oxygens (including phenoxy) is 1. The average Bonchev–Trinajstić information content (AvgIpc) is 2.92. The number of hydrogen-bond acceptors (Lipinski definition) is 3. The fraction of sp³-hybridized carbons (Fsp3) is 0.556. The van der Waals surface area contributed by atoms with Crippen LogP contribution >= 0.6 is 11.3 Å². The first-order valence-electron chi connectivity index (χ1n) is 7.83. The molecule has 0 spiro atoms. The lowest BCUT2D eigenvalue weighted by Gasteiger charge is -2.41. The summed E-state index contributed by atoms with van der Waals surface area (Å²) in [5.74, 6) is 0.752. The quantitative estimate of drug-likeness (QED) is 0.907. The standard InChI is InChI=1S/C18H24O2S/c1-13-7-9-18(20-2,10-8-13)17(19)11-14-12-21-16-6-4-3-5-15(14)16/h3-6,12-13,17,19H,7-11H2,1-2H3. The van der Waals surface area contributed by atoms with Crippen molar-refractivity contribution in [2.75, 3.05) is 7.11 Å². The molecule has 0 aliphatic heterocycles. The molecule has 2 nitrogen and oxygen atoms in total. The number of thiophene rings is 1. The molecule has 2 aromatic rings. The molecule has 3 heteroatoms. The summed E-state index contributed by atoms with van der Waals surface area (Å²) in [6.45, 7) is 2.29. The fourth-order valence-corrected chi connectivity index (χ4v) is 4.48. The summed E-state index contributed by atoms with van der Waals surface area (Å²) in [6, 6.07) is 8.43. The van der Waals surface area contributed by atoms with E-state index in [1.165, 1.54) is 15.6 Å². The van der Waals surface area contributed by atoms with Gasteiger partial charge >= 0.3 is 0 Å². The summed E-state index contributed by atoms with van der Waals surface area (Å²) in [7, 11) is 1.75. The van der Waals surface area contributed by atoms with Gasteiger partial charge in [-0.05, 0) is 54.0 Å². The molecule has 1 unspecified atom stereocenters. The molecule has 1 aliphatic carbocycles. The third-order valence-corrected chi connectivity index (χ3v) is 6.12. The molecule has 0 radical (unpaired) electrons. The predicted molar refractivity (Wildman–Crippen MR) is 88.9 cm³/mol. The molecule has 1 aromatic heterocycles. The van der Waals surface area contributed by atoms with Gasteiger partial charge in [0.2, 0.25) is 0 Å². The lowest BCUT2D eigenvalue weighted by molar-refractivity contribution is -0.127. The van der Waals surface area contributed by atoms with Crippen molar-refractivity contribution in [2.45, 2.75) is 50.7 Å². The largest absolute Gasteiger partial charge is 0.390 e. The Balaban J connectivity index is 1.80. The van der Waals surface area contributed by atoms with E-state index in [1.54, 1.807) is 18.4 Å². The minimum absolute atomic E-state index is 0.352. The summed E-state index contributed by atoms with van der Waals surface area (Å²) in [4.78, 5) is 0. The maximum Gasteiger partial charge on any atom is 0.0939 e. The normalized spacial score (nSPS) is 27.9. The number of hydrogen-bond donors (Lipinski definition) is 1. The maximum atomic E-state index is 10.8. The first-order valence-corrected chi connectivity index (χ1v) is 8.71. The Morgan fingerprint density at radius 1 is 1.33 bits per heavy atom. The number of fused-ring (bicyclic) bond motifs is 1. The van der Waals surface area contributed by atoms with E-state index in [0.29, 0.717) is 6.42 Å². The van der Waals surface area contributed by atoms with Crippen LogP contribution in [0.25, 0.3) is 10.1 Å². The highest BCUT2D eigenvalue weighted by Crippen LogP contribution is 2.38. The van der Waals surface area contributed by atoms with Crippen molar-refractivity contribution in [1.29, 1.82) is 0 Å². The van der Waals surface area contributed by atoms with Gasteiger partial charge in [-0.3, -0.25) is 0 Å². The second-order valence-corrected chi connectivity index (χ2v) is 7.34. The number of methoxy groups -OCH3 is 1. The van der Waals surface area contributed by atoms with Crippen LogP contribution < -0.4 is 0 Å². The average molecular weight is 304 g/mol. The van der Waals surface area contributed by atoms with E-state index < -0.39 is 6.10 Å². The Kier molecular flexibility index (Phi) is 4.34. The molecule has 3 rings (SSSR count). The molecule has 0 saturated heterocycles. The molecule has 1 heterocycles. The van der Waals surface area contributed by atoms with Crippen LogP contribution in [0.3, 0.4) is 0 Å². The maximum absolute atomic E-state index is 10.8. The van der Waals surface area contributed by atoms with Crippen LogP contribution in [0.1, 0.15) is 38.2 Å². The summed E-state index contributed by atoms with van der Waals surface area (Å²) in [6.07, 6.45) is 4.49. The van der Waals surface area contributed by atoms with Gasteiger partial charge in [-0.1, -0.05) is 25.1 Å². The van der Waals surface area contributed by atoms with E-state index in [9.17, 15) is 5.11 Å². The van der Waals surface area contributed by atoms with Crippen LogP contribution in [0.5, 0.6) is 0 Å². The van der Waals surface area contributed by atoms with Gasteiger partial charge in [0, 0.05) is 18.2 Å². The Morgan fingerprint density at radius 2 is 2.05 bits per heavy atom. The monoisotopic (exact) mass is 304 g/mol. The minimum Gasteiger partial charge on any atom is -0.390 e. The third-order valence-electron chi connectivity index (χ3n) is 5.11. The van der Waals surface area contributed by atoms with Crippen LogP contribution in [-0.4, -0.2) is 23.9 Å². The zero-order chi connectivity index (χ0) is 14.9. The van der Waals surface area contributed by atoms with Gasteiger partial charge in [0.25, 0.3) is 0 Å². The van der Waals surface area contributed by atoms with Gasteiger partial charge in [-0.15, -0.1) is 11.3 Å². The van der Waals surface area contributed by atoms with Crippen LogP contribution in [0.2, 0.25) is 0 Å². The molecule has 0 bridgehead atoms. The zero-order valence-electron chi connectivity index (χ0n) is 12.8. The van der Waals surface area contributed by atoms with E-state index in [0.717, 1.165) is 31.6 Å². The molecule has 1 atom stereocenters. The van der Waals surface area contributed by atoms with Crippen molar-refractivity contribution in [1.82, 2.24) is 0 Å². The number of aliphatic hydroxyl groups is 1. The Morgan fingerprint density at radius 3 is 2.76 bits per heavy atom. The fourth-order valence-electron chi connectivity index (χ4n) is 3.51. The van der Waals surface area contributed by atoms with Crippen molar-refractivity contribution < 1.29 is 9.84 Å². The van der Waals surface area contributed by atoms with E-state index in [1.807, 2.05) is 0 Å². The second-order valence-electron chi connectivity index (χ2n) is 6.43. The van der Waals surface area contributed by atoms with Crippen molar-refractivity contribution in [3.63, 3.8) is 0 Å². The van der Waals surface area contributed by atoms with Crippen LogP contribution in [-0.2, 0) is 11.2 Å². The lowest BCUT2D eigenvalue weighted by atomic mass is 9.75. The van der Waals surface area contributed by atoms with Gasteiger partial charge < -0.3 is 9.84 Å². The van der Waals surface area contributed by atoms with E-state index in [-0.39, 0.29) is 5.60 Å². The highest BCUT2D eigenvalue weighted by Gasteiger charge is 2.40. The molecule has 21 heavy (non-hydrogen) atoms. The second kappa shape index (κ2) is 6.07. The lowest BCUT2D eigenvalue weighted by Crippen LogP contribution is -2.47. The topological polar surface area (TPSA) is 29.5 Å². The molecular formula is C18H24O2S. The van der Waals surface area contributed by atoms with Crippen molar-refractivity contribution in [3.05, 3.63) is 35.2 Å². The first kappa shape index (κ1) is 15.0. The van der Waals surface area contributed by atoms with Gasteiger partial charge in [-0.25, -0.2) is 0 Å². The van der Waals surface area contributed by atoms with Crippen LogP contribution in [0, 0.1) is 5.92 Å². The first-order chi connectivity index (χ1) is 10.1. The van der Waals surface area contributed by atoms with Gasteiger partial charge in [0.05, 0.1) is 11.7 Å². The molecule has 1 fully saturated rings. The summed E-state index contributed by atoms with van der Waals surface area (Å²) in [5.41, 5.74) is 0.897. The van der Waals surface area contributed by atoms with Crippen LogP contribution in [0.15, 0.2) is 29.6 Å². The SMILES string of the molecule is COC1(C(O)Cc2csc3ccccc23)CCC(C)CC1. The smallest absolute Gasteiger partial charge is 0.0939 e. The van der Waals surface area contributed by atoms with E-state index in [2.05, 4.69) is 36.6 Å². The highest BCUT2D eigenvalue weighted by atomic mass is 32.1. The van der Waals surface area contributed by atoms with Crippen molar-refractivity contribution in [2.24, 2.45) is 5.92 Å². The molecule has 1 aliphatic rings. The van der Waals surface area contributed by atoms with E-state index >= 15 is 0 Å². The molecule has 1 N–H and O–H groups in total. The van der Waals surface area contributed by atoms with Crippen LogP contribution in [0.4, 0.5) is 0 Å². The molecule has 1 saturated carbocycles. The summed E-state index contributed by atoms with van der Waals surface area (Å²) in [5, 5.41) is 14.3. The third kappa shape index (κ3) is 2.87. The van der Waals surface area contributed by atoms with Gasteiger partial charge in [0.1, 0.15) is 0 Å². The minimum atomic E-state index is -0.423. The number of rotatable bonds is 4. The zero-order valence-corrected chi connectivity index (χ0v) is 13.7. The highest BCUT2D eigenvalue weighted by molar-refractivity contribution is 7.17. The number of benzene rings is 1. The molecular weight excluding hydrogens is 280 g/mol. The predicted octanol–water partition coefficient (Wildman–Crippen LogP) is 4.40. The Bertz CT molecular complexity index is 596. The van der Waals surface area contributed by atoms with E-state index in [4.69, 9.17) is 4.74 Å². The molecule has 0 amide bonds. The molecule has 1 aromatic carbocycles. The summed E-state index contributed by atoms with van der Waals surface area (Å²) < 4.78 is 7.10. The van der Waals surface area contributed by atoms with Crippen molar-refractivity contribution in [3.8, 4) is 0 Å².